The minimum Gasteiger partial charge on any atom is -0.762 e. The highest BCUT2D eigenvalue weighted by atomic mass is 16.5. The molecule has 16 heavy (non-hydrogen) atoms. The van der Waals surface area contributed by atoms with E-state index in [1.54, 1.807) is 11.9 Å². The van der Waals surface area contributed by atoms with Crippen molar-refractivity contribution in [3.05, 3.63) is 22.6 Å². The molecular formula is C10H9N2O4-. The average molecular weight is 221 g/mol. The van der Waals surface area contributed by atoms with Crippen molar-refractivity contribution >= 4 is 17.8 Å². The molecule has 0 atom stereocenters. The maximum atomic E-state index is 11.0. The zero-order valence-corrected chi connectivity index (χ0v) is 8.81. The molecule has 0 unspecified atom stereocenters. The highest BCUT2D eigenvalue weighted by Gasteiger charge is 2.11. The number of hydrogen-bond acceptors (Lipinski definition) is 5. The van der Waals surface area contributed by atoms with Gasteiger partial charge in [-0.1, -0.05) is 0 Å². The molecule has 6 heteroatoms. The van der Waals surface area contributed by atoms with Crippen LogP contribution in [0.1, 0.15) is 6.42 Å². The summed E-state index contributed by atoms with van der Waals surface area (Å²) in [4.78, 5) is 21.9. The van der Waals surface area contributed by atoms with E-state index in [1.165, 1.54) is 0 Å². The van der Waals surface area contributed by atoms with Crippen LogP contribution in [0.4, 0.5) is 0 Å². The second-order valence-corrected chi connectivity index (χ2v) is 2.54. The Hall–Kier alpha value is -2.38. The molecule has 84 valence electrons. The molecule has 0 aliphatic heterocycles. The molecule has 0 fully saturated rings. The van der Waals surface area contributed by atoms with Gasteiger partial charge in [0.15, 0.2) is 0 Å². The van der Waals surface area contributed by atoms with E-state index >= 15 is 0 Å². The molecule has 0 saturated carbocycles. The van der Waals surface area contributed by atoms with Crippen LogP contribution in [-0.2, 0) is 19.1 Å². The second-order valence-electron chi connectivity index (χ2n) is 2.54. The molecule has 0 N–H and O–H groups in total. The lowest BCUT2D eigenvalue weighted by Gasteiger charge is -2.03. The number of methoxy groups -OCH3 is 2. The Labute approximate surface area is 92.3 Å². The normalized spacial score (nSPS) is 9.69. The van der Waals surface area contributed by atoms with E-state index in [0.717, 1.165) is 20.3 Å². The van der Waals surface area contributed by atoms with E-state index in [9.17, 15) is 9.59 Å². The van der Waals surface area contributed by atoms with Crippen LogP contribution < -0.4 is 0 Å². The largest absolute Gasteiger partial charge is 0.762 e. The number of hydrogen-bond donors (Lipinski definition) is 0. The van der Waals surface area contributed by atoms with Gasteiger partial charge in [0.1, 0.15) is 6.07 Å². The molecule has 0 aromatic carbocycles. The molecule has 6 nitrogen and oxygen atoms in total. The van der Waals surface area contributed by atoms with Crippen LogP contribution in [0.15, 0.2) is 17.2 Å². The quantitative estimate of drug-likeness (QED) is 0.224. The molecule has 0 radical (unpaired) electrons. The summed E-state index contributed by atoms with van der Waals surface area (Å²) in [7, 11) is 2.31. The van der Waals surface area contributed by atoms with Crippen LogP contribution in [0.3, 0.4) is 0 Å². The van der Waals surface area contributed by atoms with Crippen LogP contribution in [0.25, 0.3) is 5.41 Å². The summed E-state index contributed by atoms with van der Waals surface area (Å²) in [5, 5.41) is 17.2. The fraction of sp³-hybridized carbons (Fsp3) is 0.300. The summed E-state index contributed by atoms with van der Waals surface area (Å²) in [6.45, 7) is 0. The van der Waals surface area contributed by atoms with Crippen molar-refractivity contribution in [2.45, 2.75) is 6.42 Å². The van der Waals surface area contributed by atoms with Crippen molar-refractivity contribution in [2.75, 3.05) is 14.2 Å². The van der Waals surface area contributed by atoms with Gasteiger partial charge in [0.05, 0.1) is 26.2 Å². The van der Waals surface area contributed by atoms with Crippen molar-refractivity contribution in [2.24, 2.45) is 0 Å². The van der Waals surface area contributed by atoms with Gasteiger partial charge in [-0.15, -0.1) is 0 Å². The first-order valence-electron chi connectivity index (χ1n) is 4.11. The molecule has 0 aliphatic rings. The molecule has 0 amide bonds. The standard InChI is InChI=1S/C10H9N2O4/c1-15-9(13)3-7(4-10(14)16-2)8(5-11)6-12/h3H,4H2,1-2H3/q-1/b7-3-. The number of allylic oxidation sites excluding steroid dienone is 1. The molecule has 0 aromatic rings. The summed E-state index contributed by atoms with van der Waals surface area (Å²) in [6.07, 6.45) is 0.584. The van der Waals surface area contributed by atoms with Crippen molar-refractivity contribution in [1.29, 1.82) is 5.26 Å². The number of esters is 2. The third kappa shape index (κ3) is 4.22. The number of nitriles is 1. The molecule has 0 aromatic heterocycles. The van der Waals surface area contributed by atoms with Crippen molar-refractivity contribution in [1.82, 2.24) is 0 Å². The van der Waals surface area contributed by atoms with Gasteiger partial charge in [-0.25, -0.2) is 4.79 Å². The van der Waals surface area contributed by atoms with Crippen molar-refractivity contribution in [3.63, 3.8) is 0 Å². The Bertz CT molecular complexity index is 411. The molecule has 0 bridgehead atoms. The maximum absolute atomic E-state index is 11.0. The van der Waals surface area contributed by atoms with Crippen LogP contribution in [0.5, 0.6) is 0 Å². The zero-order chi connectivity index (χ0) is 12.6. The van der Waals surface area contributed by atoms with E-state index in [0.29, 0.717) is 0 Å². The first-order chi connectivity index (χ1) is 7.58. The molecule has 0 heterocycles. The molecule has 0 rings (SSSR count). The first kappa shape index (κ1) is 13.6. The van der Waals surface area contributed by atoms with Crippen LogP contribution in [0, 0.1) is 11.3 Å². The third-order valence-corrected chi connectivity index (χ3v) is 1.60. The number of rotatable bonds is 4. The fourth-order valence-corrected chi connectivity index (χ4v) is 0.809. The average Bonchev–Trinajstić information content (AvgIpc) is 2.29. The van der Waals surface area contributed by atoms with Crippen molar-refractivity contribution < 1.29 is 19.1 Å². The Morgan fingerprint density at radius 1 is 1.38 bits per heavy atom. The summed E-state index contributed by atoms with van der Waals surface area (Å²) in [6, 6.07) is 1.58. The second kappa shape index (κ2) is 6.98. The van der Waals surface area contributed by atoms with Crippen LogP contribution >= 0.6 is 0 Å². The summed E-state index contributed by atoms with van der Waals surface area (Å²) < 4.78 is 8.71. The number of carbonyl (C=O) groups excluding carboxylic acids is 2. The lowest BCUT2D eigenvalue weighted by molar-refractivity contribution is -0.139. The summed E-state index contributed by atoms with van der Waals surface area (Å²) >= 11 is 0. The molecule has 0 aliphatic carbocycles. The lowest BCUT2D eigenvalue weighted by atomic mass is 10.1. The van der Waals surface area contributed by atoms with Gasteiger partial charge < -0.3 is 14.9 Å². The smallest absolute Gasteiger partial charge is 0.330 e. The Kier molecular flexibility index (Phi) is 5.95. The number of nitrogens with zero attached hydrogens (tertiary/aromatic N) is 2. The van der Waals surface area contributed by atoms with Gasteiger partial charge in [0.25, 0.3) is 0 Å². The van der Waals surface area contributed by atoms with E-state index in [2.05, 4.69) is 9.47 Å². The Morgan fingerprint density at radius 2 is 2.00 bits per heavy atom. The molecular weight excluding hydrogens is 212 g/mol. The molecule has 0 saturated heterocycles. The predicted molar refractivity (Wildman–Crippen MR) is 54.2 cm³/mol. The van der Waals surface area contributed by atoms with Gasteiger partial charge in [-0.2, -0.15) is 5.26 Å². The lowest BCUT2D eigenvalue weighted by Crippen LogP contribution is -2.06. The third-order valence-electron chi connectivity index (χ3n) is 1.60. The van der Waals surface area contributed by atoms with E-state index in [1.807, 2.05) is 0 Å². The summed E-state index contributed by atoms with van der Waals surface area (Å²) in [5.41, 5.74) is -0.348. The first-order valence-corrected chi connectivity index (χ1v) is 4.11. The van der Waals surface area contributed by atoms with Gasteiger partial charge in [-0.3, -0.25) is 10.7 Å². The Morgan fingerprint density at radius 3 is 2.38 bits per heavy atom. The highest BCUT2D eigenvalue weighted by molar-refractivity contribution is 5.89. The van der Waals surface area contributed by atoms with Crippen LogP contribution in [-0.4, -0.2) is 32.0 Å². The van der Waals surface area contributed by atoms with Crippen LogP contribution in [0.2, 0.25) is 0 Å². The van der Waals surface area contributed by atoms with Gasteiger partial charge in [0, 0.05) is 6.08 Å². The summed E-state index contributed by atoms with van der Waals surface area (Å²) in [5.74, 6) is 0.180. The predicted octanol–water partition coefficient (Wildman–Crippen LogP) is 0.338. The fourth-order valence-electron chi connectivity index (χ4n) is 0.809. The van der Waals surface area contributed by atoms with E-state index in [4.69, 9.17) is 10.7 Å². The van der Waals surface area contributed by atoms with Gasteiger partial charge >= 0.3 is 11.9 Å². The topological polar surface area (TPSA) is 98.7 Å². The number of ether oxygens (including phenoxy) is 2. The monoisotopic (exact) mass is 221 g/mol. The Balaban J connectivity index is 5.15. The maximum Gasteiger partial charge on any atom is 0.330 e. The van der Waals surface area contributed by atoms with E-state index < -0.39 is 11.9 Å². The van der Waals surface area contributed by atoms with Gasteiger partial charge in [-0.05, 0) is 5.57 Å². The molecule has 0 spiro atoms. The zero-order valence-electron chi connectivity index (χ0n) is 8.81. The SMILES string of the molecule is COC(=O)/C=C(/CC(=O)OC)C(=C=[N-])C#N. The number of carbonyl (C=O) groups is 2. The minimum absolute atomic E-state index is 0.0244. The minimum atomic E-state index is -0.748. The van der Waals surface area contributed by atoms with Gasteiger partial charge in [0.2, 0.25) is 0 Å². The highest BCUT2D eigenvalue weighted by Crippen LogP contribution is 2.12. The van der Waals surface area contributed by atoms with Crippen molar-refractivity contribution in [3.8, 4) is 6.07 Å². The van der Waals surface area contributed by atoms with E-state index in [-0.39, 0.29) is 17.6 Å².